The van der Waals surface area contributed by atoms with Crippen molar-refractivity contribution in [1.29, 1.82) is 0 Å². The second kappa shape index (κ2) is 12.8. The van der Waals surface area contributed by atoms with Crippen LogP contribution in [0.3, 0.4) is 0 Å². The molecule has 0 aromatic carbocycles. The quantitative estimate of drug-likeness (QED) is 0.237. The topological polar surface area (TPSA) is 63.2 Å². The number of guanidine groups is 1. The van der Waals surface area contributed by atoms with Crippen molar-refractivity contribution in [1.82, 2.24) is 25.3 Å². The summed E-state index contributed by atoms with van der Waals surface area (Å²) >= 11 is 0. The van der Waals surface area contributed by atoms with Gasteiger partial charge in [-0.05, 0) is 52.5 Å². The van der Waals surface area contributed by atoms with E-state index in [1.807, 2.05) is 21.1 Å². The number of likely N-dealkylation sites (tertiary alicyclic amines) is 2. The van der Waals surface area contributed by atoms with Crippen LogP contribution in [0.2, 0.25) is 0 Å². The Labute approximate surface area is 188 Å². The zero-order valence-electron chi connectivity index (χ0n) is 18.4. The molecular formula is C20H41IN6O. The van der Waals surface area contributed by atoms with Crippen molar-refractivity contribution in [3.05, 3.63) is 0 Å². The highest BCUT2D eigenvalue weighted by Gasteiger charge is 2.31. The zero-order valence-corrected chi connectivity index (χ0v) is 20.7. The molecule has 8 heteroatoms. The van der Waals surface area contributed by atoms with Crippen LogP contribution in [0.25, 0.3) is 0 Å². The number of carbonyl (C=O) groups excluding carboxylic acids is 1. The third-order valence-corrected chi connectivity index (χ3v) is 5.83. The fraction of sp³-hybridized carbons (Fsp3) is 0.900. The summed E-state index contributed by atoms with van der Waals surface area (Å²) in [6.45, 7) is 9.72. The number of carbonyl (C=O) groups is 1. The number of hydrogen-bond donors (Lipinski definition) is 2. The fourth-order valence-electron chi connectivity index (χ4n) is 4.11. The van der Waals surface area contributed by atoms with Gasteiger partial charge in [0.25, 0.3) is 0 Å². The molecule has 0 spiro atoms. The number of halogens is 1. The minimum absolute atomic E-state index is 0. The molecule has 2 N–H and O–H groups in total. The average molecular weight is 508 g/mol. The molecule has 0 aliphatic carbocycles. The molecule has 2 fully saturated rings. The second-order valence-corrected chi connectivity index (χ2v) is 8.33. The average Bonchev–Trinajstić information content (AvgIpc) is 3.12. The molecule has 2 heterocycles. The molecule has 0 bridgehead atoms. The lowest BCUT2D eigenvalue weighted by atomic mass is 10.0. The molecule has 0 saturated carbocycles. The van der Waals surface area contributed by atoms with Crippen molar-refractivity contribution in [3.8, 4) is 0 Å². The summed E-state index contributed by atoms with van der Waals surface area (Å²) in [5.74, 6) is 1.14. The van der Waals surface area contributed by atoms with E-state index in [1.54, 1.807) is 4.90 Å². The molecule has 2 aliphatic heterocycles. The lowest BCUT2D eigenvalue weighted by Gasteiger charge is -2.35. The SMILES string of the molecule is CN=C(NCCCN1CCCC1C(=O)N(C)C)NC1CCN(C(C)C)CC1.I. The van der Waals surface area contributed by atoms with Crippen molar-refractivity contribution < 1.29 is 4.79 Å². The molecule has 28 heavy (non-hydrogen) atoms. The summed E-state index contributed by atoms with van der Waals surface area (Å²) in [6, 6.07) is 1.22. The first kappa shape index (κ1) is 25.4. The van der Waals surface area contributed by atoms with E-state index in [2.05, 4.69) is 39.3 Å². The van der Waals surface area contributed by atoms with Crippen molar-refractivity contribution in [2.24, 2.45) is 4.99 Å². The van der Waals surface area contributed by atoms with Crippen LogP contribution in [-0.2, 0) is 4.79 Å². The molecule has 2 saturated heterocycles. The Kier molecular flexibility index (Phi) is 11.7. The number of piperidine rings is 1. The van der Waals surface area contributed by atoms with Gasteiger partial charge in [0.2, 0.25) is 5.91 Å². The summed E-state index contributed by atoms with van der Waals surface area (Å²) in [5.41, 5.74) is 0. The minimum atomic E-state index is 0. The van der Waals surface area contributed by atoms with E-state index < -0.39 is 0 Å². The Bertz CT molecular complexity index is 491. The van der Waals surface area contributed by atoms with Crippen LogP contribution < -0.4 is 10.6 Å². The summed E-state index contributed by atoms with van der Waals surface area (Å²) in [5, 5.41) is 7.02. The Hall–Kier alpha value is -0.610. The van der Waals surface area contributed by atoms with Gasteiger partial charge in [-0.15, -0.1) is 24.0 Å². The van der Waals surface area contributed by atoms with Gasteiger partial charge in [-0.3, -0.25) is 14.7 Å². The van der Waals surface area contributed by atoms with E-state index in [9.17, 15) is 4.79 Å². The lowest BCUT2D eigenvalue weighted by molar-refractivity contribution is -0.133. The minimum Gasteiger partial charge on any atom is -0.356 e. The van der Waals surface area contributed by atoms with E-state index in [1.165, 1.54) is 12.8 Å². The maximum Gasteiger partial charge on any atom is 0.239 e. The summed E-state index contributed by atoms with van der Waals surface area (Å²) in [6.07, 6.45) is 5.46. The number of likely N-dealkylation sites (N-methyl/N-ethyl adjacent to an activating group) is 1. The Morgan fingerprint density at radius 3 is 2.43 bits per heavy atom. The smallest absolute Gasteiger partial charge is 0.239 e. The number of rotatable bonds is 7. The van der Waals surface area contributed by atoms with E-state index in [4.69, 9.17) is 0 Å². The molecule has 0 aromatic rings. The van der Waals surface area contributed by atoms with Crippen LogP contribution in [0, 0.1) is 0 Å². The standard InChI is InChI=1S/C20H40N6O.HI/c1-16(2)25-14-9-17(10-15-25)23-20(21-3)22-11-7-13-26-12-6-8-18(26)19(27)24(4)5;/h16-18H,6-15H2,1-5H3,(H2,21,22,23);1H. The van der Waals surface area contributed by atoms with Crippen LogP contribution in [0.15, 0.2) is 4.99 Å². The van der Waals surface area contributed by atoms with Gasteiger partial charge < -0.3 is 20.4 Å². The molecular weight excluding hydrogens is 467 g/mol. The van der Waals surface area contributed by atoms with Gasteiger partial charge in [-0.2, -0.15) is 0 Å². The van der Waals surface area contributed by atoms with Crippen molar-refractivity contribution >= 4 is 35.8 Å². The number of amides is 1. The van der Waals surface area contributed by atoms with E-state index in [0.717, 1.165) is 57.9 Å². The van der Waals surface area contributed by atoms with Gasteiger partial charge >= 0.3 is 0 Å². The van der Waals surface area contributed by atoms with Gasteiger partial charge in [0.05, 0.1) is 6.04 Å². The second-order valence-electron chi connectivity index (χ2n) is 8.33. The van der Waals surface area contributed by atoms with Gasteiger partial charge in [0.15, 0.2) is 5.96 Å². The van der Waals surface area contributed by atoms with E-state index in [0.29, 0.717) is 12.1 Å². The highest BCUT2D eigenvalue weighted by Crippen LogP contribution is 2.18. The molecule has 1 atom stereocenters. The Balaban J connectivity index is 0.00000392. The summed E-state index contributed by atoms with van der Waals surface area (Å²) < 4.78 is 0. The van der Waals surface area contributed by atoms with E-state index in [-0.39, 0.29) is 35.9 Å². The first-order chi connectivity index (χ1) is 12.9. The maximum absolute atomic E-state index is 12.3. The number of nitrogens with one attached hydrogen (secondary N) is 2. The van der Waals surface area contributed by atoms with Crippen LogP contribution in [0.4, 0.5) is 0 Å². The van der Waals surface area contributed by atoms with Crippen molar-refractivity contribution in [2.45, 2.75) is 64.1 Å². The predicted molar refractivity (Wildman–Crippen MR) is 128 cm³/mol. The van der Waals surface area contributed by atoms with Crippen LogP contribution in [0.1, 0.15) is 46.0 Å². The zero-order chi connectivity index (χ0) is 19.8. The molecule has 1 amide bonds. The Morgan fingerprint density at radius 2 is 1.86 bits per heavy atom. The first-order valence-corrected chi connectivity index (χ1v) is 10.6. The van der Waals surface area contributed by atoms with Crippen molar-refractivity contribution in [2.75, 3.05) is 53.9 Å². The highest BCUT2D eigenvalue weighted by molar-refractivity contribution is 14.0. The third-order valence-electron chi connectivity index (χ3n) is 5.83. The lowest BCUT2D eigenvalue weighted by Crippen LogP contribution is -2.50. The highest BCUT2D eigenvalue weighted by atomic mass is 127. The summed E-state index contributed by atoms with van der Waals surface area (Å²) in [7, 11) is 5.54. The molecule has 0 aromatic heterocycles. The number of hydrogen-bond acceptors (Lipinski definition) is 4. The maximum atomic E-state index is 12.3. The molecule has 2 aliphatic rings. The monoisotopic (exact) mass is 508 g/mol. The predicted octanol–water partition coefficient (Wildman–Crippen LogP) is 1.58. The van der Waals surface area contributed by atoms with Crippen LogP contribution >= 0.6 is 24.0 Å². The van der Waals surface area contributed by atoms with Gasteiger partial charge in [-0.1, -0.05) is 0 Å². The largest absolute Gasteiger partial charge is 0.356 e. The van der Waals surface area contributed by atoms with Gasteiger partial charge in [0, 0.05) is 59.4 Å². The van der Waals surface area contributed by atoms with E-state index >= 15 is 0 Å². The molecule has 0 radical (unpaired) electrons. The third kappa shape index (κ3) is 7.67. The molecule has 7 nitrogen and oxygen atoms in total. The van der Waals surface area contributed by atoms with Gasteiger partial charge in [-0.25, -0.2) is 0 Å². The normalized spacial score (nSPS) is 22.2. The first-order valence-electron chi connectivity index (χ1n) is 10.6. The van der Waals surface area contributed by atoms with Gasteiger partial charge in [0.1, 0.15) is 0 Å². The van der Waals surface area contributed by atoms with Crippen LogP contribution in [-0.4, -0.2) is 98.6 Å². The molecule has 2 rings (SSSR count). The fourth-order valence-corrected chi connectivity index (χ4v) is 4.11. The number of aliphatic imine (C=N–C) groups is 1. The molecule has 1 unspecified atom stereocenters. The number of nitrogens with zero attached hydrogens (tertiary/aromatic N) is 4. The summed E-state index contributed by atoms with van der Waals surface area (Å²) in [4.78, 5) is 23.2. The molecule has 164 valence electrons. The Morgan fingerprint density at radius 1 is 1.18 bits per heavy atom. The van der Waals surface area contributed by atoms with Crippen LogP contribution in [0.5, 0.6) is 0 Å². The van der Waals surface area contributed by atoms with Crippen molar-refractivity contribution in [3.63, 3.8) is 0 Å².